The molecule has 8 nitrogen and oxygen atoms in total. The Kier molecular flexibility index (Phi) is 6.24. The lowest BCUT2D eigenvalue weighted by molar-refractivity contribution is 0.0595. The van der Waals surface area contributed by atoms with Gasteiger partial charge in [0.2, 0.25) is 0 Å². The molecule has 4 rings (SSSR count). The number of methoxy groups -OCH3 is 1. The van der Waals surface area contributed by atoms with Gasteiger partial charge in [0.15, 0.2) is 0 Å². The molecule has 2 aromatic heterocycles. The summed E-state index contributed by atoms with van der Waals surface area (Å²) in [5, 5.41) is 7.29. The lowest BCUT2D eigenvalue weighted by atomic mass is 10.0. The fourth-order valence-electron chi connectivity index (χ4n) is 3.85. The van der Waals surface area contributed by atoms with Gasteiger partial charge in [0.1, 0.15) is 4.21 Å². The zero-order chi connectivity index (χ0) is 22.0. The largest absolute Gasteiger partial charge is 0.465 e. The van der Waals surface area contributed by atoms with Crippen LogP contribution < -0.4 is 4.72 Å². The number of fused-ring (bicyclic) bond motifs is 1. The summed E-state index contributed by atoms with van der Waals surface area (Å²) in [5.74, 6) is -0.608. The molecule has 1 aliphatic heterocycles. The Bertz CT molecular complexity index is 1190. The van der Waals surface area contributed by atoms with Crippen LogP contribution in [0.5, 0.6) is 0 Å². The lowest BCUT2D eigenvalue weighted by Gasteiger charge is -2.27. The van der Waals surface area contributed by atoms with Crippen LogP contribution in [0.4, 0.5) is 0 Å². The third-order valence-corrected chi connectivity index (χ3v) is 8.53. The summed E-state index contributed by atoms with van der Waals surface area (Å²) >= 11 is 1.15. The molecule has 0 amide bonds. The van der Waals surface area contributed by atoms with Gasteiger partial charge in [0.25, 0.3) is 10.0 Å². The minimum absolute atomic E-state index is 0.0429. The van der Waals surface area contributed by atoms with E-state index in [9.17, 15) is 13.2 Å². The Morgan fingerprint density at radius 2 is 2.10 bits per heavy atom. The number of sulfonamides is 1. The SMILES string of the molecule is CCNS(=O)(=O)c1sc2c(c1C(=O)OC)CCN(Cc1cn[nH]c1-c1ccccc1)C2. The molecule has 10 heteroatoms. The van der Waals surface area contributed by atoms with Gasteiger partial charge in [0.05, 0.1) is 24.6 Å². The quantitative estimate of drug-likeness (QED) is 0.526. The number of esters is 1. The van der Waals surface area contributed by atoms with E-state index >= 15 is 0 Å². The number of hydrogen-bond donors (Lipinski definition) is 2. The minimum Gasteiger partial charge on any atom is -0.465 e. The number of ether oxygens (including phenoxy) is 1. The van der Waals surface area contributed by atoms with Gasteiger partial charge in [-0.3, -0.25) is 10.00 Å². The molecular weight excluding hydrogens is 436 g/mol. The third kappa shape index (κ3) is 4.29. The van der Waals surface area contributed by atoms with Crippen LogP contribution in [0, 0.1) is 0 Å². The molecule has 0 spiro atoms. The molecule has 0 atom stereocenters. The van der Waals surface area contributed by atoms with Gasteiger partial charge < -0.3 is 4.74 Å². The Labute approximate surface area is 185 Å². The van der Waals surface area contributed by atoms with Gasteiger partial charge in [-0.25, -0.2) is 17.9 Å². The average molecular weight is 461 g/mol. The minimum atomic E-state index is -3.77. The monoisotopic (exact) mass is 460 g/mol. The van der Waals surface area contributed by atoms with E-state index in [-0.39, 0.29) is 16.3 Å². The molecular formula is C21H24N4O4S2. The molecule has 1 aromatic carbocycles. The van der Waals surface area contributed by atoms with Crippen molar-refractivity contribution in [1.29, 1.82) is 0 Å². The molecule has 0 unspecified atom stereocenters. The Hall–Kier alpha value is -2.53. The summed E-state index contributed by atoms with van der Waals surface area (Å²) in [6.07, 6.45) is 2.41. The number of nitrogens with zero attached hydrogens (tertiary/aromatic N) is 2. The summed E-state index contributed by atoms with van der Waals surface area (Å²) in [4.78, 5) is 15.5. The average Bonchev–Trinajstić information content (AvgIpc) is 3.38. The van der Waals surface area contributed by atoms with Crippen molar-refractivity contribution in [3.63, 3.8) is 0 Å². The molecule has 0 aliphatic carbocycles. The first kappa shape index (κ1) is 21.7. The first-order valence-electron chi connectivity index (χ1n) is 9.97. The van der Waals surface area contributed by atoms with E-state index < -0.39 is 16.0 Å². The topological polar surface area (TPSA) is 104 Å². The highest BCUT2D eigenvalue weighted by Gasteiger charge is 2.34. The van der Waals surface area contributed by atoms with Crippen LogP contribution in [0.15, 0.2) is 40.7 Å². The number of aromatic amines is 1. The van der Waals surface area contributed by atoms with E-state index in [1.54, 1.807) is 6.92 Å². The predicted octanol–water partition coefficient (Wildman–Crippen LogP) is 2.78. The molecule has 164 valence electrons. The number of thiophene rings is 1. The number of H-pyrrole nitrogens is 1. The van der Waals surface area contributed by atoms with Gasteiger partial charge in [0, 0.05) is 36.6 Å². The Morgan fingerprint density at radius 3 is 2.81 bits per heavy atom. The normalized spacial score (nSPS) is 14.4. The number of nitrogens with one attached hydrogen (secondary N) is 2. The fraction of sp³-hybridized carbons (Fsp3) is 0.333. The van der Waals surface area contributed by atoms with Crippen LogP contribution in [-0.4, -0.2) is 49.7 Å². The van der Waals surface area contributed by atoms with Crippen molar-refractivity contribution >= 4 is 27.3 Å². The smallest absolute Gasteiger partial charge is 0.340 e. The summed E-state index contributed by atoms with van der Waals surface area (Å²) in [7, 11) is -2.49. The molecule has 31 heavy (non-hydrogen) atoms. The van der Waals surface area contributed by atoms with Crippen molar-refractivity contribution in [3.05, 3.63) is 58.1 Å². The van der Waals surface area contributed by atoms with Gasteiger partial charge in [-0.05, 0) is 17.5 Å². The van der Waals surface area contributed by atoms with E-state index in [1.165, 1.54) is 7.11 Å². The highest BCUT2D eigenvalue weighted by Crippen LogP contribution is 2.37. The number of rotatable bonds is 7. The second kappa shape index (κ2) is 8.91. The van der Waals surface area contributed by atoms with E-state index in [1.807, 2.05) is 36.5 Å². The van der Waals surface area contributed by atoms with Crippen molar-refractivity contribution in [2.75, 3.05) is 20.2 Å². The van der Waals surface area contributed by atoms with Crippen LogP contribution in [-0.2, 0) is 34.3 Å². The van der Waals surface area contributed by atoms with Crippen LogP contribution in [0.3, 0.4) is 0 Å². The first-order valence-corrected chi connectivity index (χ1v) is 12.3. The summed E-state index contributed by atoms with van der Waals surface area (Å²) < 4.78 is 32.8. The maximum atomic E-state index is 12.7. The molecule has 0 saturated heterocycles. The zero-order valence-electron chi connectivity index (χ0n) is 17.3. The number of hydrogen-bond acceptors (Lipinski definition) is 7. The van der Waals surface area contributed by atoms with Crippen LogP contribution >= 0.6 is 11.3 Å². The molecule has 0 saturated carbocycles. The van der Waals surface area contributed by atoms with Crippen molar-refractivity contribution in [3.8, 4) is 11.3 Å². The van der Waals surface area contributed by atoms with Gasteiger partial charge in [-0.15, -0.1) is 11.3 Å². The molecule has 3 aromatic rings. The number of carbonyl (C=O) groups excluding carboxylic acids is 1. The van der Waals surface area contributed by atoms with Crippen LogP contribution in [0.1, 0.15) is 33.3 Å². The molecule has 2 N–H and O–H groups in total. The Morgan fingerprint density at radius 1 is 1.32 bits per heavy atom. The highest BCUT2D eigenvalue weighted by atomic mass is 32.2. The predicted molar refractivity (Wildman–Crippen MR) is 118 cm³/mol. The molecule has 0 radical (unpaired) electrons. The first-order chi connectivity index (χ1) is 14.9. The second-order valence-corrected chi connectivity index (χ2v) is 10.3. The third-order valence-electron chi connectivity index (χ3n) is 5.25. The van der Waals surface area contributed by atoms with Gasteiger partial charge >= 0.3 is 5.97 Å². The molecule has 3 heterocycles. The van der Waals surface area contributed by atoms with E-state index in [2.05, 4.69) is 19.8 Å². The number of benzene rings is 1. The zero-order valence-corrected chi connectivity index (χ0v) is 19.0. The fourth-order valence-corrected chi connectivity index (χ4v) is 6.86. The number of aromatic nitrogens is 2. The highest BCUT2D eigenvalue weighted by molar-refractivity contribution is 7.91. The molecule has 1 aliphatic rings. The second-order valence-electron chi connectivity index (χ2n) is 7.26. The lowest BCUT2D eigenvalue weighted by Crippen LogP contribution is -2.30. The summed E-state index contributed by atoms with van der Waals surface area (Å²) in [6.45, 7) is 3.89. The van der Waals surface area contributed by atoms with Crippen molar-refractivity contribution < 1.29 is 17.9 Å². The maximum Gasteiger partial charge on any atom is 0.340 e. The van der Waals surface area contributed by atoms with E-state index in [4.69, 9.17) is 4.74 Å². The van der Waals surface area contributed by atoms with Crippen LogP contribution in [0.2, 0.25) is 0 Å². The van der Waals surface area contributed by atoms with Gasteiger partial charge in [-0.1, -0.05) is 37.3 Å². The van der Waals surface area contributed by atoms with Crippen LogP contribution in [0.25, 0.3) is 11.3 Å². The molecule has 0 fully saturated rings. The van der Waals surface area contributed by atoms with Crippen molar-refractivity contribution in [2.24, 2.45) is 0 Å². The summed E-state index contributed by atoms with van der Waals surface area (Å²) in [6, 6.07) is 10.0. The Balaban J connectivity index is 1.62. The van der Waals surface area contributed by atoms with Crippen molar-refractivity contribution in [2.45, 2.75) is 30.6 Å². The maximum absolute atomic E-state index is 12.7. The van der Waals surface area contributed by atoms with E-state index in [0.717, 1.165) is 38.6 Å². The molecule has 0 bridgehead atoms. The van der Waals surface area contributed by atoms with Crippen molar-refractivity contribution in [1.82, 2.24) is 19.8 Å². The summed E-state index contributed by atoms with van der Waals surface area (Å²) in [5.41, 5.74) is 4.07. The van der Waals surface area contributed by atoms with E-state index in [0.29, 0.717) is 26.1 Å². The van der Waals surface area contributed by atoms with Gasteiger partial charge in [-0.2, -0.15) is 5.10 Å². The number of carbonyl (C=O) groups is 1. The standard InChI is InChI=1S/C21H24N4O4S2/c1-3-23-31(27,28)21-18(20(26)29-2)16-9-10-25(13-17(16)30-21)12-15-11-22-24-19(15)14-7-5-4-6-8-14/h4-8,11,23H,3,9-10,12-13H2,1-2H3,(H,22,24).